The van der Waals surface area contributed by atoms with E-state index in [1.807, 2.05) is 0 Å². The van der Waals surface area contributed by atoms with Gasteiger partial charge >= 0.3 is 0 Å². The number of fused-ring (bicyclic) bond motifs is 3. The first-order valence-corrected chi connectivity index (χ1v) is 4.19. The Labute approximate surface area is 71.6 Å². The third-order valence-electron chi connectivity index (χ3n) is 2.46. The quantitative estimate of drug-likeness (QED) is 0.555. The fourth-order valence-corrected chi connectivity index (χ4v) is 1.74. The lowest BCUT2D eigenvalue weighted by Gasteiger charge is -2.34. The molecule has 3 rings (SSSR count). The Bertz CT molecular complexity index is 388. The lowest BCUT2D eigenvalue weighted by molar-refractivity contribution is 0.543. The van der Waals surface area contributed by atoms with Crippen LogP contribution in [0.25, 0.3) is 11.8 Å². The lowest BCUT2D eigenvalue weighted by atomic mass is 9.97. The molecule has 0 radical (unpaired) electrons. The number of nitrogens with zero attached hydrogens (tertiary/aromatic N) is 1. The van der Waals surface area contributed by atoms with Gasteiger partial charge in [0.2, 0.25) is 0 Å². The molecule has 0 N–H and O–H groups in total. The van der Waals surface area contributed by atoms with Crippen LogP contribution in [0.2, 0.25) is 0 Å². The van der Waals surface area contributed by atoms with E-state index in [-0.39, 0.29) is 0 Å². The van der Waals surface area contributed by atoms with Crippen LogP contribution >= 0.6 is 0 Å². The Balaban J connectivity index is 2.27. The molecule has 12 heavy (non-hydrogen) atoms. The van der Waals surface area contributed by atoms with Crippen LogP contribution in [0, 0.1) is 0 Å². The van der Waals surface area contributed by atoms with Gasteiger partial charge in [0, 0.05) is 24.0 Å². The Morgan fingerprint density at radius 2 is 2.08 bits per heavy atom. The molecule has 0 saturated carbocycles. The highest BCUT2D eigenvalue weighted by Gasteiger charge is 2.20. The second-order valence-electron chi connectivity index (χ2n) is 3.14. The standard InChI is InChI=1S/C11H9N/c1-2-4-10-9(3-1)5-7-12-8-6-11(10)12/h1-7H,8H2. The molecule has 0 unspecified atom stereocenters. The van der Waals surface area contributed by atoms with Gasteiger partial charge in [-0.05, 0) is 17.7 Å². The molecule has 1 heteroatoms. The number of benzene rings is 1. The van der Waals surface area contributed by atoms with E-state index in [0.717, 1.165) is 6.54 Å². The summed E-state index contributed by atoms with van der Waals surface area (Å²) in [6, 6.07) is 8.51. The summed E-state index contributed by atoms with van der Waals surface area (Å²) in [6.07, 6.45) is 6.59. The minimum absolute atomic E-state index is 1.07. The predicted octanol–water partition coefficient (Wildman–Crippen LogP) is 2.33. The van der Waals surface area contributed by atoms with Crippen LogP contribution in [0.15, 0.2) is 36.5 Å². The smallest absolute Gasteiger partial charge is 0.0466 e. The maximum absolute atomic E-state index is 2.27. The van der Waals surface area contributed by atoms with Crippen LogP contribution in [-0.2, 0) is 0 Å². The van der Waals surface area contributed by atoms with Gasteiger partial charge in [0.1, 0.15) is 0 Å². The van der Waals surface area contributed by atoms with Gasteiger partial charge in [0.25, 0.3) is 0 Å². The maximum Gasteiger partial charge on any atom is 0.0466 e. The zero-order valence-electron chi connectivity index (χ0n) is 6.70. The Kier molecular flexibility index (Phi) is 1.01. The predicted molar refractivity (Wildman–Crippen MR) is 50.2 cm³/mol. The molecule has 1 nitrogen and oxygen atoms in total. The molecule has 0 amide bonds. The molecule has 0 spiro atoms. The Morgan fingerprint density at radius 1 is 1.17 bits per heavy atom. The van der Waals surface area contributed by atoms with Crippen molar-refractivity contribution in [1.82, 2.24) is 4.90 Å². The van der Waals surface area contributed by atoms with Crippen molar-refractivity contribution in [3.63, 3.8) is 0 Å². The second-order valence-corrected chi connectivity index (χ2v) is 3.14. The van der Waals surface area contributed by atoms with Gasteiger partial charge in [-0.2, -0.15) is 0 Å². The molecule has 0 aromatic heterocycles. The molecule has 2 aliphatic rings. The van der Waals surface area contributed by atoms with Gasteiger partial charge in [0.05, 0.1) is 0 Å². The second kappa shape index (κ2) is 2.01. The molecule has 0 fully saturated rings. The third-order valence-corrected chi connectivity index (χ3v) is 2.46. The van der Waals surface area contributed by atoms with Crippen LogP contribution in [0.4, 0.5) is 0 Å². The van der Waals surface area contributed by atoms with E-state index >= 15 is 0 Å². The summed E-state index contributed by atoms with van der Waals surface area (Å²) in [5.74, 6) is 0. The first-order valence-electron chi connectivity index (χ1n) is 4.19. The average molecular weight is 155 g/mol. The van der Waals surface area contributed by atoms with Crippen molar-refractivity contribution in [1.29, 1.82) is 0 Å². The van der Waals surface area contributed by atoms with Crippen LogP contribution in [0.5, 0.6) is 0 Å². The van der Waals surface area contributed by atoms with E-state index < -0.39 is 0 Å². The largest absolute Gasteiger partial charge is 0.344 e. The van der Waals surface area contributed by atoms with Gasteiger partial charge in [-0.1, -0.05) is 24.3 Å². The Morgan fingerprint density at radius 3 is 2.92 bits per heavy atom. The van der Waals surface area contributed by atoms with Crippen molar-refractivity contribution in [3.8, 4) is 0 Å². The number of hydrogen-bond donors (Lipinski definition) is 0. The van der Waals surface area contributed by atoms with Gasteiger partial charge in [-0.15, -0.1) is 0 Å². The molecular weight excluding hydrogens is 146 g/mol. The van der Waals surface area contributed by atoms with Gasteiger partial charge in [-0.25, -0.2) is 0 Å². The summed E-state index contributed by atoms with van der Waals surface area (Å²) in [4.78, 5) is 2.27. The maximum atomic E-state index is 2.27. The van der Waals surface area contributed by atoms with Gasteiger partial charge in [-0.3, -0.25) is 0 Å². The normalized spacial score (nSPS) is 17.7. The first kappa shape index (κ1) is 6.06. The molecule has 0 atom stereocenters. The fraction of sp³-hybridized carbons (Fsp3) is 0.0909. The van der Waals surface area contributed by atoms with E-state index in [1.54, 1.807) is 0 Å². The topological polar surface area (TPSA) is 3.24 Å². The highest BCUT2D eigenvalue weighted by atomic mass is 15.2. The van der Waals surface area contributed by atoms with E-state index in [2.05, 4.69) is 47.5 Å². The average Bonchev–Trinajstić information content (AvgIpc) is 2.05. The molecule has 0 bridgehead atoms. The van der Waals surface area contributed by atoms with Crippen LogP contribution in [0.3, 0.4) is 0 Å². The molecule has 2 aliphatic heterocycles. The van der Waals surface area contributed by atoms with Crippen LogP contribution in [-0.4, -0.2) is 11.4 Å². The summed E-state index contributed by atoms with van der Waals surface area (Å²) in [7, 11) is 0. The van der Waals surface area contributed by atoms with Crippen LogP contribution < -0.4 is 0 Å². The van der Waals surface area contributed by atoms with E-state index in [1.165, 1.54) is 16.8 Å². The highest BCUT2D eigenvalue weighted by molar-refractivity contribution is 5.80. The monoisotopic (exact) mass is 155 g/mol. The number of rotatable bonds is 0. The zero-order chi connectivity index (χ0) is 7.97. The number of hydrogen-bond acceptors (Lipinski definition) is 1. The SMILES string of the molecule is C1=CN2CC=C2c2ccccc21. The van der Waals surface area contributed by atoms with E-state index in [9.17, 15) is 0 Å². The summed E-state index contributed by atoms with van der Waals surface area (Å²) in [5.41, 5.74) is 4.07. The van der Waals surface area contributed by atoms with Crippen molar-refractivity contribution < 1.29 is 0 Å². The molecule has 2 heterocycles. The van der Waals surface area contributed by atoms with Crippen molar-refractivity contribution in [2.24, 2.45) is 0 Å². The zero-order valence-corrected chi connectivity index (χ0v) is 6.70. The van der Waals surface area contributed by atoms with E-state index in [0.29, 0.717) is 0 Å². The lowest BCUT2D eigenvalue weighted by Crippen LogP contribution is -2.27. The Hall–Kier alpha value is -1.50. The minimum atomic E-state index is 1.07. The minimum Gasteiger partial charge on any atom is -0.344 e. The summed E-state index contributed by atoms with van der Waals surface area (Å²) in [6.45, 7) is 1.07. The van der Waals surface area contributed by atoms with Crippen molar-refractivity contribution in [3.05, 3.63) is 47.7 Å². The molecule has 0 aliphatic carbocycles. The van der Waals surface area contributed by atoms with E-state index in [4.69, 9.17) is 0 Å². The van der Waals surface area contributed by atoms with Crippen molar-refractivity contribution in [2.75, 3.05) is 6.54 Å². The third kappa shape index (κ3) is 0.632. The van der Waals surface area contributed by atoms with Crippen molar-refractivity contribution in [2.45, 2.75) is 0 Å². The first-order chi connectivity index (χ1) is 5.95. The summed E-state index contributed by atoms with van der Waals surface area (Å²) < 4.78 is 0. The van der Waals surface area contributed by atoms with Gasteiger partial charge in [0.15, 0.2) is 0 Å². The molecular formula is C11H9N. The van der Waals surface area contributed by atoms with Crippen LogP contribution in [0.1, 0.15) is 11.1 Å². The molecule has 58 valence electrons. The highest BCUT2D eigenvalue weighted by Crippen LogP contribution is 2.33. The molecule has 0 saturated heterocycles. The fourth-order valence-electron chi connectivity index (χ4n) is 1.74. The molecule has 1 aromatic rings. The van der Waals surface area contributed by atoms with Crippen molar-refractivity contribution >= 4 is 11.8 Å². The molecule has 1 aromatic carbocycles. The summed E-state index contributed by atoms with van der Waals surface area (Å²) in [5, 5.41) is 0. The summed E-state index contributed by atoms with van der Waals surface area (Å²) >= 11 is 0. The van der Waals surface area contributed by atoms with Gasteiger partial charge < -0.3 is 4.90 Å².